The predicted molar refractivity (Wildman–Crippen MR) is 106 cm³/mol. The molecular weight excluding hydrogens is 392 g/mol. The highest BCUT2D eigenvalue weighted by Gasteiger charge is 2.33. The number of urea groups is 1. The van der Waals surface area contributed by atoms with Crippen molar-refractivity contribution in [3.05, 3.63) is 71.1 Å². The van der Waals surface area contributed by atoms with E-state index in [1.54, 1.807) is 18.2 Å². The third-order valence-electron chi connectivity index (χ3n) is 4.90. The molecule has 2 N–H and O–H groups in total. The first-order valence-electron chi connectivity index (χ1n) is 9.11. The molecule has 0 unspecified atom stereocenters. The molecule has 0 spiro atoms. The highest BCUT2D eigenvalue weighted by Crippen LogP contribution is 2.37. The number of hydrogen-bond donors (Lipinski definition) is 2. The molecule has 9 heteroatoms. The van der Waals surface area contributed by atoms with E-state index in [0.29, 0.717) is 22.4 Å². The topological polar surface area (TPSA) is 87.2 Å². The Hall–Kier alpha value is -3.88. The number of nitrogens with zero attached hydrogens (tertiary/aromatic N) is 3. The van der Waals surface area contributed by atoms with E-state index in [9.17, 15) is 18.4 Å². The number of nitrogens with one attached hydrogen (secondary N) is 2. The number of carbonyl (C=O) groups is 2. The molecule has 4 rings (SSSR count). The van der Waals surface area contributed by atoms with E-state index in [-0.39, 0.29) is 18.3 Å². The van der Waals surface area contributed by atoms with Crippen LogP contribution in [-0.2, 0) is 6.54 Å². The molecule has 2 heterocycles. The second-order valence-corrected chi connectivity index (χ2v) is 6.70. The molecule has 3 aromatic rings. The Bertz CT molecular complexity index is 1160. The summed E-state index contributed by atoms with van der Waals surface area (Å²) in [6.45, 7) is 1.92. The van der Waals surface area contributed by atoms with Crippen molar-refractivity contribution in [2.24, 2.45) is 0 Å². The Kier molecular flexibility index (Phi) is 4.86. The van der Waals surface area contributed by atoms with E-state index in [2.05, 4.69) is 20.6 Å². The van der Waals surface area contributed by atoms with Crippen molar-refractivity contribution in [2.75, 3.05) is 11.9 Å². The van der Waals surface area contributed by atoms with Crippen LogP contribution >= 0.6 is 0 Å². The lowest BCUT2D eigenvalue weighted by Crippen LogP contribution is -2.43. The minimum atomic E-state index is -0.893. The number of amides is 3. The Morgan fingerprint density at radius 3 is 2.60 bits per heavy atom. The van der Waals surface area contributed by atoms with Gasteiger partial charge in [-0.3, -0.25) is 4.79 Å². The number of benzene rings is 2. The largest absolute Gasteiger partial charge is 0.355 e. The molecule has 0 fully saturated rings. The number of halogens is 2. The Balaban J connectivity index is 1.92. The summed E-state index contributed by atoms with van der Waals surface area (Å²) in [5.41, 5.74) is 2.35. The highest BCUT2D eigenvalue weighted by molar-refractivity contribution is 6.02. The fraction of sp³-hybridized carbons (Fsp3) is 0.143. The maximum absolute atomic E-state index is 14.4. The molecule has 152 valence electrons. The van der Waals surface area contributed by atoms with E-state index in [1.165, 1.54) is 19.4 Å². The van der Waals surface area contributed by atoms with Crippen molar-refractivity contribution < 1.29 is 18.4 Å². The third-order valence-corrected chi connectivity index (χ3v) is 4.90. The average Bonchev–Trinajstić information content (AvgIpc) is 2.74. The second kappa shape index (κ2) is 7.51. The Morgan fingerprint density at radius 1 is 1.17 bits per heavy atom. The quantitative estimate of drug-likeness (QED) is 0.694. The third kappa shape index (κ3) is 3.14. The maximum atomic E-state index is 14.4. The van der Waals surface area contributed by atoms with Crippen molar-refractivity contribution in [3.8, 4) is 11.3 Å². The number of anilines is 2. The van der Waals surface area contributed by atoms with E-state index in [4.69, 9.17) is 0 Å². The summed E-state index contributed by atoms with van der Waals surface area (Å²) < 4.78 is 28.8. The molecule has 0 atom stereocenters. The molecule has 0 saturated heterocycles. The van der Waals surface area contributed by atoms with Gasteiger partial charge in [-0.2, -0.15) is 0 Å². The Labute approximate surface area is 170 Å². The summed E-state index contributed by atoms with van der Waals surface area (Å²) in [7, 11) is 1.53. The van der Waals surface area contributed by atoms with Crippen LogP contribution in [0.25, 0.3) is 11.3 Å². The standard InChI is InChI=1S/C21H17F2N5O2/c1-11-6-7-12(20(29)24-2)8-13(11)17-14-9-25-21(30)28(19(14)27-10-26-17)18-15(22)4-3-5-16(18)23/h3-8,10H,9H2,1-2H3,(H,24,29)(H,25,30). The molecule has 2 aromatic carbocycles. The zero-order chi connectivity index (χ0) is 21.4. The summed E-state index contributed by atoms with van der Waals surface area (Å²) in [5.74, 6) is -1.97. The molecule has 1 aromatic heterocycles. The molecule has 0 saturated carbocycles. The number of carbonyl (C=O) groups excluding carboxylic acids is 2. The van der Waals surface area contributed by atoms with Gasteiger partial charge in [-0.25, -0.2) is 28.4 Å². The van der Waals surface area contributed by atoms with Crippen LogP contribution in [0.4, 0.5) is 25.1 Å². The maximum Gasteiger partial charge on any atom is 0.328 e. The summed E-state index contributed by atoms with van der Waals surface area (Å²) in [6.07, 6.45) is 1.23. The fourth-order valence-corrected chi connectivity index (χ4v) is 3.40. The molecule has 1 aliphatic heterocycles. The van der Waals surface area contributed by atoms with Crippen LogP contribution in [0, 0.1) is 18.6 Å². The average molecular weight is 409 g/mol. The van der Waals surface area contributed by atoms with Crippen LogP contribution in [0.15, 0.2) is 42.7 Å². The van der Waals surface area contributed by atoms with Gasteiger partial charge in [-0.05, 0) is 36.8 Å². The number of hydrogen-bond acceptors (Lipinski definition) is 4. The van der Waals surface area contributed by atoms with Gasteiger partial charge in [0.05, 0.1) is 12.2 Å². The van der Waals surface area contributed by atoms with Gasteiger partial charge in [0, 0.05) is 23.7 Å². The van der Waals surface area contributed by atoms with E-state index in [1.807, 2.05) is 6.92 Å². The molecule has 0 bridgehead atoms. The zero-order valence-corrected chi connectivity index (χ0v) is 16.2. The first-order chi connectivity index (χ1) is 14.4. The van der Waals surface area contributed by atoms with Crippen LogP contribution in [-0.4, -0.2) is 29.0 Å². The first-order valence-corrected chi connectivity index (χ1v) is 9.11. The van der Waals surface area contributed by atoms with Gasteiger partial charge in [-0.15, -0.1) is 0 Å². The second-order valence-electron chi connectivity index (χ2n) is 6.70. The number of aryl methyl sites for hydroxylation is 1. The van der Waals surface area contributed by atoms with Crippen molar-refractivity contribution in [3.63, 3.8) is 0 Å². The minimum Gasteiger partial charge on any atom is -0.355 e. The fourth-order valence-electron chi connectivity index (χ4n) is 3.40. The van der Waals surface area contributed by atoms with Gasteiger partial charge in [0.25, 0.3) is 5.91 Å². The lowest BCUT2D eigenvalue weighted by atomic mass is 9.97. The van der Waals surface area contributed by atoms with Gasteiger partial charge < -0.3 is 10.6 Å². The molecule has 7 nitrogen and oxygen atoms in total. The monoisotopic (exact) mass is 409 g/mol. The van der Waals surface area contributed by atoms with Crippen molar-refractivity contribution >= 4 is 23.4 Å². The smallest absolute Gasteiger partial charge is 0.328 e. The zero-order valence-electron chi connectivity index (χ0n) is 16.2. The van der Waals surface area contributed by atoms with E-state index >= 15 is 0 Å². The summed E-state index contributed by atoms with van der Waals surface area (Å²) in [6, 6.07) is 7.81. The lowest BCUT2D eigenvalue weighted by molar-refractivity contribution is 0.0963. The van der Waals surface area contributed by atoms with Crippen molar-refractivity contribution in [1.29, 1.82) is 0 Å². The van der Waals surface area contributed by atoms with Crippen LogP contribution in [0.3, 0.4) is 0 Å². The molecule has 1 aliphatic rings. The predicted octanol–water partition coefficient (Wildman–Crippen LogP) is 3.45. The minimum absolute atomic E-state index is 0.0700. The highest BCUT2D eigenvalue weighted by atomic mass is 19.1. The lowest BCUT2D eigenvalue weighted by Gasteiger charge is -2.30. The molecule has 0 aliphatic carbocycles. The normalized spacial score (nSPS) is 12.9. The molecule has 30 heavy (non-hydrogen) atoms. The number of fused-ring (bicyclic) bond motifs is 1. The first kappa shape index (κ1) is 19.4. The molecule has 0 radical (unpaired) electrons. The van der Waals surface area contributed by atoms with Crippen LogP contribution in [0.1, 0.15) is 21.5 Å². The summed E-state index contributed by atoms with van der Waals surface area (Å²) >= 11 is 0. The summed E-state index contributed by atoms with van der Waals surface area (Å²) in [4.78, 5) is 33.9. The SMILES string of the molecule is CNC(=O)c1ccc(C)c(-c2ncnc3c2CNC(=O)N3c2c(F)cccc2F)c1. The van der Waals surface area contributed by atoms with Crippen LogP contribution in [0.2, 0.25) is 0 Å². The van der Waals surface area contributed by atoms with Gasteiger partial charge in [0.15, 0.2) is 0 Å². The Morgan fingerprint density at radius 2 is 1.90 bits per heavy atom. The summed E-state index contributed by atoms with van der Waals surface area (Å²) in [5, 5.41) is 5.18. The van der Waals surface area contributed by atoms with Crippen molar-refractivity contribution in [1.82, 2.24) is 20.6 Å². The number of aromatic nitrogens is 2. The van der Waals surface area contributed by atoms with Crippen LogP contribution in [0.5, 0.6) is 0 Å². The number of rotatable bonds is 3. The van der Waals surface area contributed by atoms with Crippen molar-refractivity contribution in [2.45, 2.75) is 13.5 Å². The van der Waals surface area contributed by atoms with Gasteiger partial charge in [-0.1, -0.05) is 12.1 Å². The molecular formula is C21H17F2N5O2. The van der Waals surface area contributed by atoms with Gasteiger partial charge in [0.1, 0.15) is 29.5 Å². The van der Waals surface area contributed by atoms with E-state index < -0.39 is 23.4 Å². The number of para-hydroxylation sites is 1. The van der Waals surface area contributed by atoms with Gasteiger partial charge >= 0.3 is 6.03 Å². The van der Waals surface area contributed by atoms with Gasteiger partial charge in [0.2, 0.25) is 0 Å². The molecule has 3 amide bonds. The van der Waals surface area contributed by atoms with E-state index in [0.717, 1.165) is 22.6 Å². The van der Waals surface area contributed by atoms with Crippen LogP contribution < -0.4 is 15.5 Å².